The summed E-state index contributed by atoms with van der Waals surface area (Å²) >= 11 is 0. The first-order valence-corrected chi connectivity index (χ1v) is 7.84. The summed E-state index contributed by atoms with van der Waals surface area (Å²) in [6, 6.07) is 0.591. The van der Waals surface area contributed by atoms with Gasteiger partial charge >= 0.3 is 0 Å². The molecule has 2 aliphatic carbocycles. The fourth-order valence-electron chi connectivity index (χ4n) is 4.53. The molecule has 0 bridgehead atoms. The van der Waals surface area contributed by atoms with Gasteiger partial charge in [0.1, 0.15) is 0 Å². The number of aliphatic hydroxyl groups excluding tert-OH is 1. The lowest BCUT2D eigenvalue weighted by atomic mass is 9.67. The highest BCUT2D eigenvalue weighted by atomic mass is 16.3. The van der Waals surface area contributed by atoms with Crippen molar-refractivity contribution in [2.45, 2.75) is 90.3 Å². The van der Waals surface area contributed by atoms with E-state index in [-0.39, 0.29) is 11.6 Å². The third-order valence-electron chi connectivity index (χ3n) is 5.36. The number of aliphatic hydroxyl groups is 1. The lowest BCUT2D eigenvalue weighted by Crippen LogP contribution is -2.57. The Morgan fingerprint density at radius 2 is 1.78 bits per heavy atom. The fourth-order valence-corrected chi connectivity index (χ4v) is 4.53. The highest BCUT2D eigenvalue weighted by molar-refractivity contribution is 5.02. The van der Waals surface area contributed by atoms with E-state index >= 15 is 0 Å². The summed E-state index contributed by atoms with van der Waals surface area (Å²) in [5.41, 5.74) is 0.731. The molecule has 0 aromatic rings. The van der Waals surface area contributed by atoms with Gasteiger partial charge in [-0.05, 0) is 64.8 Å². The van der Waals surface area contributed by atoms with Crippen LogP contribution in [0.2, 0.25) is 0 Å². The molecular weight excluding hydrogens is 222 g/mol. The van der Waals surface area contributed by atoms with E-state index in [0.717, 1.165) is 19.4 Å². The van der Waals surface area contributed by atoms with Crippen LogP contribution in [-0.4, -0.2) is 34.2 Å². The Morgan fingerprint density at radius 3 is 2.28 bits per heavy atom. The highest BCUT2D eigenvalue weighted by Gasteiger charge is 2.48. The van der Waals surface area contributed by atoms with Gasteiger partial charge in [-0.2, -0.15) is 0 Å². The first kappa shape index (κ1) is 14.3. The van der Waals surface area contributed by atoms with E-state index in [1.165, 1.54) is 32.1 Å². The van der Waals surface area contributed by atoms with Crippen LogP contribution in [-0.2, 0) is 0 Å². The Morgan fingerprint density at radius 1 is 1.17 bits per heavy atom. The Kier molecular flexibility index (Phi) is 4.08. The third kappa shape index (κ3) is 2.60. The molecule has 2 heteroatoms. The van der Waals surface area contributed by atoms with Crippen LogP contribution in [0.25, 0.3) is 0 Å². The summed E-state index contributed by atoms with van der Waals surface area (Å²) in [5.74, 6) is 0. The van der Waals surface area contributed by atoms with Crippen molar-refractivity contribution in [1.29, 1.82) is 0 Å². The molecule has 1 spiro atoms. The quantitative estimate of drug-likeness (QED) is 0.813. The smallest absolute Gasteiger partial charge is 0.0555 e. The van der Waals surface area contributed by atoms with Crippen LogP contribution in [0.5, 0.6) is 0 Å². The van der Waals surface area contributed by atoms with Gasteiger partial charge in [0.05, 0.1) is 6.10 Å². The van der Waals surface area contributed by atoms with E-state index in [2.05, 4.69) is 32.6 Å². The van der Waals surface area contributed by atoms with Crippen molar-refractivity contribution in [2.75, 3.05) is 6.54 Å². The molecule has 2 atom stereocenters. The molecule has 0 amide bonds. The molecule has 2 aliphatic rings. The second-order valence-electron chi connectivity index (χ2n) is 7.47. The van der Waals surface area contributed by atoms with Crippen LogP contribution in [0.3, 0.4) is 0 Å². The van der Waals surface area contributed by atoms with Gasteiger partial charge in [-0.1, -0.05) is 19.8 Å². The molecule has 0 aromatic heterocycles. The summed E-state index contributed by atoms with van der Waals surface area (Å²) in [5, 5.41) is 10.1. The highest BCUT2D eigenvalue weighted by Crippen LogP contribution is 2.51. The minimum atomic E-state index is -0.0716. The molecule has 2 fully saturated rings. The molecule has 1 N–H and O–H groups in total. The minimum Gasteiger partial charge on any atom is -0.393 e. The zero-order valence-electron chi connectivity index (χ0n) is 12.7. The van der Waals surface area contributed by atoms with E-state index in [1.807, 2.05) is 0 Å². The maximum Gasteiger partial charge on any atom is 0.0555 e. The summed E-state index contributed by atoms with van der Waals surface area (Å²) < 4.78 is 0. The van der Waals surface area contributed by atoms with Gasteiger partial charge in [-0.25, -0.2) is 0 Å². The Balaban J connectivity index is 2.24. The summed E-state index contributed by atoms with van der Waals surface area (Å²) in [6.45, 7) is 10.3. The van der Waals surface area contributed by atoms with E-state index in [4.69, 9.17) is 0 Å². The van der Waals surface area contributed by atoms with Crippen molar-refractivity contribution < 1.29 is 5.11 Å². The van der Waals surface area contributed by atoms with Crippen LogP contribution < -0.4 is 0 Å². The summed E-state index contributed by atoms with van der Waals surface area (Å²) in [7, 11) is 0. The second kappa shape index (κ2) is 5.13. The van der Waals surface area contributed by atoms with E-state index in [1.54, 1.807) is 0 Å². The van der Waals surface area contributed by atoms with Gasteiger partial charge in [0.25, 0.3) is 0 Å². The lowest BCUT2D eigenvalue weighted by molar-refractivity contribution is -0.0578. The summed E-state index contributed by atoms with van der Waals surface area (Å²) in [4.78, 5) is 2.65. The molecule has 18 heavy (non-hydrogen) atoms. The minimum absolute atomic E-state index is 0.0716. The average molecular weight is 253 g/mol. The van der Waals surface area contributed by atoms with Crippen LogP contribution >= 0.6 is 0 Å². The zero-order chi connectivity index (χ0) is 13.4. The van der Waals surface area contributed by atoms with Crippen molar-refractivity contribution in [2.24, 2.45) is 5.41 Å². The number of hydrogen-bond acceptors (Lipinski definition) is 2. The second-order valence-corrected chi connectivity index (χ2v) is 7.47. The Bertz CT molecular complexity index is 275. The molecule has 2 unspecified atom stereocenters. The molecule has 2 nitrogen and oxygen atoms in total. The maximum absolute atomic E-state index is 10.1. The van der Waals surface area contributed by atoms with Gasteiger partial charge in [-0.3, -0.25) is 4.90 Å². The molecule has 2 rings (SSSR count). The van der Waals surface area contributed by atoms with Crippen molar-refractivity contribution in [3.05, 3.63) is 0 Å². The first-order valence-electron chi connectivity index (χ1n) is 7.84. The lowest BCUT2D eigenvalue weighted by Gasteiger charge is -2.53. The van der Waals surface area contributed by atoms with Gasteiger partial charge in [0.15, 0.2) is 0 Å². The molecular formula is C16H31NO. The first-order chi connectivity index (χ1) is 8.39. The van der Waals surface area contributed by atoms with Crippen molar-refractivity contribution in [1.82, 2.24) is 4.90 Å². The van der Waals surface area contributed by atoms with Crippen LogP contribution in [0, 0.1) is 5.41 Å². The molecule has 0 heterocycles. The number of nitrogens with zero attached hydrogens (tertiary/aromatic N) is 1. The summed E-state index contributed by atoms with van der Waals surface area (Å²) in [6.07, 6.45) is 8.75. The van der Waals surface area contributed by atoms with Crippen molar-refractivity contribution >= 4 is 0 Å². The van der Waals surface area contributed by atoms with Crippen molar-refractivity contribution in [3.8, 4) is 0 Å². The molecule has 0 aliphatic heterocycles. The molecule has 0 aromatic carbocycles. The van der Waals surface area contributed by atoms with Crippen LogP contribution in [0.1, 0.15) is 72.6 Å². The number of hydrogen-bond donors (Lipinski definition) is 1. The molecule has 0 radical (unpaired) electrons. The van der Waals surface area contributed by atoms with Gasteiger partial charge in [0.2, 0.25) is 0 Å². The van der Waals surface area contributed by atoms with E-state index in [9.17, 15) is 5.11 Å². The standard InChI is InChI=1S/C16H31NO/c1-5-17(15(2,3)4)14-12-13(18)8-11-16(14)9-6-7-10-16/h13-14,18H,5-12H2,1-4H3. The molecule has 106 valence electrons. The van der Waals surface area contributed by atoms with E-state index < -0.39 is 0 Å². The predicted octanol–water partition coefficient (Wildman–Crippen LogP) is 3.58. The maximum atomic E-state index is 10.1. The third-order valence-corrected chi connectivity index (χ3v) is 5.36. The normalized spacial score (nSPS) is 32.3. The van der Waals surface area contributed by atoms with Crippen LogP contribution in [0.4, 0.5) is 0 Å². The van der Waals surface area contributed by atoms with Gasteiger partial charge < -0.3 is 5.11 Å². The van der Waals surface area contributed by atoms with Crippen LogP contribution in [0.15, 0.2) is 0 Å². The topological polar surface area (TPSA) is 23.5 Å². The monoisotopic (exact) mass is 253 g/mol. The van der Waals surface area contributed by atoms with Gasteiger partial charge in [0, 0.05) is 11.6 Å². The van der Waals surface area contributed by atoms with E-state index in [0.29, 0.717) is 11.5 Å². The molecule has 0 saturated heterocycles. The zero-order valence-corrected chi connectivity index (χ0v) is 12.7. The van der Waals surface area contributed by atoms with Crippen molar-refractivity contribution in [3.63, 3.8) is 0 Å². The number of rotatable bonds is 2. The fraction of sp³-hybridized carbons (Fsp3) is 1.00. The van der Waals surface area contributed by atoms with Gasteiger partial charge in [-0.15, -0.1) is 0 Å². The Labute approximate surface area is 113 Å². The molecule has 2 saturated carbocycles. The Hall–Kier alpha value is -0.0800. The predicted molar refractivity (Wildman–Crippen MR) is 76.7 cm³/mol. The SMILES string of the molecule is CCN(C1CC(O)CCC12CCCC2)C(C)(C)C. The largest absolute Gasteiger partial charge is 0.393 e. The average Bonchev–Trinajstić information content (AvgIpc) is 2.72.